The van der Waals surface area contributed by atoms with Gasteiger partial charge in [-0.05, 0) is 18.6 Å². The highest BCUT2D eigenvalue weighted by molar-refractivity contribution is 6.43. The standard InChI is InChI=1S/C8H8Cl2O.CO2/c1-5-3-4-6(11-2)8(10)7(5)9;2-1-3/h3-4H,1-2H3;. The first-order valence-corrected chi connectivity index (χ1v) is 4.32. The predicted octanol–water partition coefficient (Wildman–Crippen LogP) is 2.73. The summed E-state index contributed by atoms with van der Waals surface area (Å²) >= 11 is 11.7. The second kappa shape index (κ2) is 6.44. The minimum Gasteiger partial charge on any atom is -0.495 e. The maximum Gasteiger partial charge on any atom is 0.373 e. The van der Waals surface area contributed by atoms with Crippen molar-refractivity contribution in [2.45, 2.75) is 6.92 Å². The second-order valence-electron chi connectivity index (χ2n) is 2.30. The Bertz CT molecular complexity index is 344. The Balaban J connectivity index is 0.000000500. The van der Waals surface area contributed by atoms with Gasteiger partial charge in [-0.3, -0.25) is 0 Å². The van der Waals surface area contributed by atoms with Gasteiger partial charge in [-0.2, -0.15) is 9.59 Å². The van der Waals surface area contributed by atoms with E-state index >= 15 is 0 Å². The highest BCUT2D eigenvalue weighted by Gasteiger charge is 2.06. The first-order valence-electron chi connectivity index (χ1n) is 3.56. The molecule has 0 aromatic heterocycles. The van der Waals surface area contributed by atoms with Crippen molar-refractivity contribution >= 4 is 29.4 Å². The lowest BCUT2D eigenvalue weighted by molar-refractivity contribution is -0.191. The molecule has 76 valence electrons. The summed E-state index contributed by atoms with van der Waals surface area (Å²) in [5.41, 5.74) is 0.956. The fourth-order valence-electron chi connectivity index (χ4n) is 0.786. The molecule has 14 heavy (non-hydrogen) atoms. The maximum atomic E-state index is 8.12. The number of hydrogen-bond acceptors (Lipinski definition) is 3. The molecular weight excluding hydrogens is 227 g/mol. The molecule has 0 heterocycles. The number of aryl methyl sites for hydroxylation is 1. The van der Waals surface area contributed by atoms with Crippen LogP contribution in [0.3, 0.4) is 0 Å². The first kappa shape index (κ1) is 13.0. The van der Waals surface area contributed by atoms with Crippen molar-refractivity contribution in [3.63, 3.8) is 0 Å². The number of halogens is 2. The molecule has 5 heteroatoms. The van der Waals surface area contributed by atoms with Crippen molar-refractivity contribution in [3.8, 4) is 5.75 Å². The Morgan fingerprint density at radius 2 is 1.71 bits per heavy atom. The highest BCUT2D eigenvalue weighted by atomic mass is 35.5. The van der Waals surface area contributed by atoms with Gasteiger partial charge in [0.1, 0.15) is 10.8 Å². The molecule has 0 atom stereocenters. The summed E-state index contributed by atoms with van der Waals surface area (Å²) in [7, 11) is 1.56. The van der Waals surface area contributed by atoms with Gasteiger partial charge in [0.15, 0.2) is 0 Å². The molecule has 1 rings (SSSR count). The van der Waals surface area contributed by atoms with Gasteiger partial charge in [0.2, 0.25) is 0 Å². The highest BCUT2D eigenvalue weighted by Crippen LogP contribution is 2.33. The summed E-state index contributed by atoms with van der Waals surface area (Å²) in [4.78, 5) is 16.2. The Kier molecular flexibility index (Phi) is 5.97. The minimum atomic E-state index is 0.250. The van der Waals surface area contributed by atoms with Crippen molar-refractivity contribution in [1.82, 2.24) is 0 Å². The van der Waals surface area contributed by atoms with Crippen molar-refractivity contribution in [2.75, 3.05) is 7.11 Å². The Hall–Kier alpha value is -1.02. The zero-order valence-corrected chi connectivity index (χ0v) is 9.15. The summed E-state index contributed by atoms with van der Waals surface area (Å²) in [6.45, 7) is 1.90. The van der Waals surface area contributed by atoms with E-state index in [1.165, 1.54) is 0 Å². The molecule has 0 spiro atoms. The lowest BCUT2D eigenvalue weighted by Crippen LogP contribution is -1.85. The van der Waals surface area contributed by atoms with Crippen LogP contribution in [0.15, 0.2) is 12.1 Å². The van der Waals surface area contributed by atoms with Gasteiger partial charge in [0, 0.05) is 0 Å². The minimum absolute atomic E-state index is 0.250. The van der Waals surface area contributed by atoms with Crippen molar-refractivity contribution in [1.29, 1.82) is 0 Å². The number of ether oxygens (including phenoxy) is 1. The van der Waals surface area contributed by atoms with E-state index in [-0.39, 0.29) is 6.15 Å². The number of benzene rings is 1. The third-order valence-corrected chi connectivity index (χ3v) is 2.42. The van der Waals surface area contributed by atoms with Crippen LogP contribution in [0.2, 0.25) is 10.0 Å². The maximum absolute atomic E-state index is 8.12. The average Bonchev–Trinajstić information content (AvgIpc) is 2.16. The van der Waals surface area contributed by atoms with Gasteiger partial charge in [-0.25, -0.2) is 0 Å². The van der Waals surface area contributed by atoms with E-state index < -0.39 is 0 Å². The number of rotatable bonds is 1. The third kappa shape index (κ3) is 3.38. The fraction of sp³-hybridized carbons (Fsp3) is 0.222. The van der Waals surface area contributed by atoms with Crippen LogP contribution in [0, 0.1) is 6.92 Å². The van der Waals surface area contributed by atoms with Gasteiger partial charge in [-0.1, -0.05) is 29.3 Å². The van der Waals surface area contributed by atoms with Crippen LogP contribution in [0.5, 0.6) is 5.75 Å². The Morgan fingerprint density at radius 1 is 1.21 bits per heavy atom. The molecule has 0 radical (unpaired) electrons. The van der Waals surface area contributed by atoms with E-state index in [1.807, 2.05) is 13.0 Å². The van der Waals surface area contributed by atoms with Crippen molar-refractivity contribution in [2.24, 2.45) is 0 Å². The Labute approximate surface area is 91.6 Å². The molecule has 0 aliphatic heterocycles. The summed E-state index contributed by atoms with van der Waals surface area (Å²) in [6.07, 6.45) is 0.250. The topological polar surface area (TPSA) is 43.4 Å². The molecule has 0 fully saturated rings. The number of hydrogen-bond donors (Lipinski definition) is 0. The van der Waals surface area contributed by atoms with E-state index in [0.717, 1.165) is 5.56 Å². The normalized spacial score (nSPS) is 8.29. The molecule has 1 aromatic carbocycles. The number of carbonyl (C=O) groups excluding carboxylic acids is 2. The zero-order valence-electron chi connectivity index (χ0n) is 7.64. The van der Waals surface area contributed by atoms with E-state index in [9.17, 15) is 0 Å². The van der Waals surface area contributed by atoms with E-state index in [1.54, 1.807) is 13.2 Å². The van der Waals surface area contributed by atoms with Crippen molar-refractivity contribution < 1.29 is 14.3 Å². The third-order valence-electron chi connectivity index (χ3n) is 1.46. The molecule has 1 aromatic rings. The predicted molar refractivity (Wildman–Crippen MR) is 52.8 cm³/mol. The average molecular weight is 235 g/mol. The van der Waals surface area contributed by atoms with Crippen LogP contribution < -0.4 is 4.74 Å². The van der Waals surface area contributed by atoms with Crippen LogP contribution in [0.1, 0.15) is 5.56 Å². The van der Waals surface area contributed by atoms with Gasteiger partial charge >= 0.3 is 6.15 Å². The monoisotopic (exact) mass is 234 g/mol. The van der Waals surface area contributed by atoms with Crippen LogP contribution in [0.4, 0.5) is 0 Å². The molecule has 0 N–H and O–H groups in total. The van der Waals surface area contributed by atoms with Gasteiger partial charge in [-0.15, -0.1) is 0 Å². The van der Waals surface area contributed by atoms with Gasteiger partial charge in [0.25, 0.3) is 0 Å². The largest absolute Gasteiger partial charge is 0.495 e. The summed E-state index contributed by atoms with van der Waals surface area (Å²) in [5.74, 6) is 0.613. The Morgan fingerprint density at radius 3 is 2.14 bits per heavy atom. The van der Waals surface area contributed by atoms with Crippen LogP contribution >= 0.6 is 23.2 Å². The zero-order chi connectivity index (χ0) is 11.1. The molecule has 0 amide bonds. The second-order valence-corrected chi connectivity index (χ2v) is 3.05. The molecule has 0 aliphatic rings. The van der Waals surface area contributed by atoms with E-state index in [2.05, 4.69) is 0 Å². The molecule has 0 aliphatic carbocycles. The molecule has 0 saturated heterocycles. The van der Waals surface area contributed by atoms with Crippen molar-refractivity contribution in [3.05, 3.63) is 27.7 Å². The summed E-state index contributed by atoms with van der Waals surface area (Å²) in [6, 6.07) is 3.66. The van der Waals surface area contributed by atoms with E-state index in [0.29, 0.717) is 15.8 Å². The molecular formula is C9H8Cl2O3. The lowest BCUT2D eigenvalue weighted by atomic mass is 10.2. The van der Waals surface area contributed by atoms with Gasteiger partial charge < -0.3 is 4.74 Å². The molecule has 0 unspecified atom stereocenters. The van der Waals surface area contributed by atoms with Crippen LogP contribution in [-0.4, -0.2) is 13.3 Å². The molecule has 0 saturated carbocycles. The lowest BCUT2D eigenvalue weighted by Gasteiger charge is -2.05. The van der Waals surface area contributed by atoms with Crippen LogP contribution in [-0.2, 0) is 9.59 Å². The van der Waals surface area contributed by atoms with E-state index in [4.69, 9.17) is 37.5 Å². The van der Waals surface area contributed by atoms with Crippen LogP contribution in [0.25, 0.3) is 0 Å². The summed E-state index contributed by atoms with van der Waals surface area (Å²) in [5, 5.41) is 1.04. The fourth-order valence-corrected chi connectivity index (χ4v) is 1.23. The quantitative estimate of drug-likeness (QED) is 0.751. The molecule has 0 bridgehead atoms. The number of methoxy groups -OCH3 is 1. The molecule has 3 nitrogen and oxygen atoms in total. The smallest absolute Gasteiger partial charge is 0.373 e. The summed E-state index contributed by atoms with van der Waals surface area (Å²) < 4.78 is 4.96. The first-order chi connectivity index (χ1) is 6.58. The van der Waals surface area contributed by atoms with Gasteiger partial charge in [0.05, 0.1) is 12.1 Å². The SMILES string of the molecule is COc1ccc(C)c(Cl)c1Cl.O=C=O.